The van der Waals surface area contributed by atoms with Crippen LogP contribution in [-0.4, -0.2) is 81.7 Å². The molecule has 3 aliphatic rings. The van der Waals surface area contributed by atoms with Crippen molar-refractivity contribution in [2.24, 2.45) is 16.6 Å². The average molecular weight is 684 g/mol. The van der Waals surface area contributed by atoms with Crippen LogP contribution in [0.15, 0.2) is 77.6 Å². The Morgan fingerprint density at radius 1 is 0.940 bits per heavy atom. The number of ether oxygens (including phenoxy) is 2. The van der Waals surface area contributed by atoms with E-state index in [-0.39, 0.29) is 29.7 Å². The molecule has 0 bridgehead atoms. The van der Waals surface area contributed by atoms with Gasteiger partial charge in [0.2, 0.25) is 5.78 Å². The van der Waals surface area contributed by atoms with E-state index < -0.39 is 63.1 Å². The van der Waals surface area contributed by atoms with Gasteiger partial charge >= 0.3 is 6.09 Å². The molecular weight excluding hydrogens is 646 g/mol. The predicted molar refractivity (Wildman–Crippen MR) is 182 cm³/mol. The Labute approximate surface area is 287 Å². The minimum absolute atomic E-state index is 0.0320. The molecule has 13 heteroatoms. The zero-order chi connectivity index (χ0) is 36.5. The second-order valence-corrected chi connectivity index (χ2v) is 13.7. The highest BCUT2D eigenvalue weighted by atomic mass is 16.6. The molecule has 2 amide bonds. The van der Waals surface area contributed by atoms with Crippen LogP contribution >= 0.6 is 0 Å². The van der Waals surface area contributed by atoms with Crippen LogP contribution in [0, 0.1) is 10.8 Å². The van der Waals surface area contributed by atoms with E-state index in [0.717, 1.165) is 0 Å². The van der Waals surface area contributed by atoms with E-state index >= 15 is 0 Å². The number of phenols is 1. The monoisotopic (exact) mass is 683 g/mol. The second kappa shape index (κ2) is 11.7. The highest BCUT2D eigenvalue weighted by Crippen LogP contribution is 2.63. The zero-order valence-corrected chi connectivity index (χ0v) is 28.0. The third-order valence-electron chi connectivity index (χ3n) is 10.2. The molecule has 1 fully saturated rings. The molecule has 1 saturated carbocycles. The Balaban J connectivity index is 1.39. The highest BCUT2D eigenvalue weighted by Gasteiger charge is 2.72. The second-order valence-electron chi connectivity index (χ2n) is 13.7. The molecule has 260 valence electrons. The fourth-order valence-electron chi connectivity index (χ4n) is 8.22. The van der Waals surface area contributed by atoms with Gasteiger partial charge in [0.25, 0.3) is 5.91 Å². The number of Topliss-reactive ketones (excluding diaryl/α,β-unsaturated/α-hetero) is 2. The van der Waals surface area contributed by atoms with E-state index in [0.29, 0.717) is 33.9 Å². The molecule has 0 heterocycles. The summed E-state index contributed by atoms with van der Waals surface area (Å²) in [5, 5.41) is 48.8. The van der Waals surface area contributed by atoms with Crippen molar-refractivity contribution >= 4 is 35.0 Å². The van der Waals surface area contributed by atoms with Gasteiger partial charge in [-0.2, -0.15) is 0 Å². The fraction of sp³-hybridized carbons (Fsp3) is 0.297. The van der Waals surface area contributed by atoms with Crippen molar-refractivity contribution in [1.82, 2.24) is 4.90 Å². The number of nitrogens with zero attached hydrogens (tertiary/aromatic N) is 1. The molecule has 50 heavy (non-hydrogen) atoms. The molecule has 6 rings (SSSR count). The molecule has 0 saturated heterocycles. The van der Waals surface area contributed by atoms with Gasteiger partial charge in [0, 0.05) is 22.1 Å². The third-order valence-corrected chi connectivity index (χ3v) is 10.2. The Morgan fingerprint density at radius 3 is 2.14 bits per heavy atom. The number of primary amides is 1. The van der Waals surface area contributed by atoms with Crippen LogP contribution in [0.1, 0.15) is 31.4 Å². The highest BCUT2D eigenvalue weighted by molar-refractivity contribution is 6.25. The number of aromatic hydroxyl groups is 1. The number of carbonyl (C=O) groups excluding carboxylic acids is 4. The number of phenolic OH excluding ortho intramolecular Hbond substituents is 1. The van der Waals surface area contributed by atoms with E-state index in [2.05, 4.69) is 5.32 Å². The molecular formula is C37H37N3O10. The van der Waals surface area contributed by atoms with Crippen LogP contribution in [0.4, 0.5) is 10.5 Å². The Bertz CT molecular complexity index is 2030. The molecule has 3 aromatic carbocycles. The number of carbonyl (C=O) groups is 4. The molecule has 0 spiro atoms. The predicted octanol–water partition coefficient (Wildman–Crippen LogP) is 4.03. The van der Waals surface area contributed by atoms with Gasteiger partial charge in [-0.05, 0) is 86.1 Å². The van der Waals surface area contributed by atoms with E-state index in [1.807, 2.05) is 0 Å². The standard InChI is InChI=1S/C37H37N3O10/c1-35-16-23-22(18-6-8-19(9-7-18)39-34(47)50-21-12-10-20(49-5)11-13-21)14-15-24(41)25(23)28(42)27(35)32(45)37(48)31(44)26(33(38)46)29(43)30(40(3)4)36(37,2)17-35/h6-15,30,41-42,44,48H,16-17H2,1-5H3,(H2,38,46)(H,39,47)/t30-,35+,36+,37-/m1/s1. The van der Waals surface area contributed by atoms with E-state index in [1.165, 1.54) is 25.0 Å². The summed E-state index contributed by atoms with van der Waals surface area (Å²) >= 11 is 0. The van der Waals surface area contributed by atoms with Crippen LogP contribution in [-0.2, 0) is 20.8 Å². The normalized spacial score (nSPS) is 25.9. The van der Waals surface area contributed by atoms with Crippen LogP contribution in [0.3, 0.4) is 0 Å². The van der Waals surface area contributed by atoms with Gasteiger partial charge < -0.3 is 35.6 Å². The molecule has 0 aliphatic heterocycles. The number of anilines is 1. The number of aliphatic hydroxyl groups excluding tert-OH is 2. The minimum atomic E-state index is -2.80. The maximum Gasteiger partial charge on any atom is 0.417 e. The summed E-state index contributed by atoms with van der Waals surface area (Å²) in [4.78, 5) is 54.4. The number of hydrogen-bond donors (Lipinski definition) is 6. The van der Waals surface area contributed by atoms with Crippen molar-refractivity contribution in [1.29, 1.82) is 0 Å². The number of amides is 2. The Morgan fingerprint density at radius 2 is 1.56 bits per heavy atom. The van der Waals surface area contributed by atoms with E-state index in [1.54, 1.807) is 75.6 Å². The van der Waals surface area contributed by atoms with Crippen LogP contribution < -0.4 is 20.5 Å². The quantitative estimate of drug-likeness (QED) is 0.204. The van der Waals surface area contributed by atoms with Crippen molar-refractivity contribution in [3.05, 3.63) is 88.7 Å². The Hall–Kier alpha value is -5.66. The lowest BCUT2D eigenvalue weighted by Gasteiger charge is -2.59. The lowest BCUT2D eigenvalue weighted by atomic mass is 9.46. The Kier molecular flexibility index (Phi) is 8.04. The number of nitrogens with two attached hydrogens (primary N) is 1. The molecule has 7 N–H and O–H groups in total. The van der Waals surface area contributed by atoms with Gasteiger partial charge in [-0.3, -0.25) is 24.6 Å². The molecule has 3 aliphatic carbocycles. The van der Waals surface area contributed by atoms with Crippen LogP contribution in [0.25, 0.3) is 16.9 Å². The van der Waals surface area contributed by atoms with Crippen molar-refractivity contribution in [3.8, 4) is 28.4 Å². The summed E-state index contributed by atoms with van der Waals surface area (Å²) in [5.41, 5.74) is 0.773. The summed E-state index contributed by atoms with van der Waals surface area (Å²) in [6.07, 6.45) is -0.726. The van der Waals surface area contributed by atoms with Crippen molar-refractivity contribution < 1.29 is 49.1 Å². The zero-order valence-electron chi connectivity index (χ0n) is 28.0. The van der Waals surface area contributed by atoms with Crippen LogP contribution in [0.5, 0.6) is 17.2 Å². The first-order valence-corrected chi connectivity index (χ1v) is 15.7. The number of fused-ring (bicyclic) bond motifs is 3. The summed E-state index contributed by atoms with van der Waals surface area (Å²) in [5.74, 6) is -4.40. The number of likely N-dealkylation sites (N-methyl/N-ethyl adjacent to an activating group) is 1. The first-order chi connectivity index (χ1) is 23.5. The smallest absolute Gasteiger partial charge is 0.417 e. The van der Waals surface area contributed by atoms with Crippen molar-refractivity contribution in [2.75, 3.05) is 26.5 Å². The number of rotatable bonds is 6. The number of hydrogen-bond acceptors (Lipinski definition) is 11. The van der Waals surface area contributed by atoms with Gasteiger partial charge in [-0.1, -0.05) is 32.0 Å². The molecule has 3 aromatic rings. The molecule has 4 atom stereocenters. The maximum atomic E-state index is 14.5. The summed E-state index contributed by atoms with van der Waals surface area (Å²) in [6.45, 7) is 3.20. The SMILES string of the molecule is COc1ccc(OC(=O)Nc2ccc(-c3ccc(O)c4c3C[C@@]3(C)C[C@@]5(C)[C@H](N(C)C)C(=O)C(C(N)=O)=C(O)[C@@]5(O)C(=O)C3=C4O)cc2)cc1. The molecule has 0 aromatic heterocycles. The van der Waals surface area contributed by atoms with Gasteiger partial charge in [0.15, 0.2) is 11.4 Å². The minimum Gasteiger partial charge on any atom is -0.508 e. The number of nitrogens with one attached hydrogen (secondary N) is 1. The van der Waals surface area contributed by atoms with E-state index in [4.69, 9.17) is 15.2 Å². The first-order valence-electron chi connectivity index (χ1n) is 15.7. The van der Waals surface area contributed by atoms with Gasteiger partial charge in [0.1, 0.15) is 34.3 Å². The average Bonchev–Trinajstić information content (AvgIpc) is 3.03. The largest absolute Gasteiger partial charge is 0.508 e. The maximum absolute atomic E-state index is 14.5. The van der Waals surface area contributed by atoms with Gasteiger partial charge in [0.05, 0.1) is 18.7 Å². The topological polar surface area (TPSA) is 209 Å². The summed E-state index contributed by atoms with van der Waals surface area (Å²) < 4.78 is 10.4. The molecule has 13 nitrogen and oxygen atoms in total. The van der Waals surface area contributed by atoms with Crippen LogP contribution in [0.2, 0.25) is 0 Å². The van der Waals surface area contributed by atoms with E-state index in [9.17, 15) is 39.6 Å². The number of methoxy groups -OCH3 is 1. The fourth-order valence-corrected chi connectivity index (χ4v) is 8.22. The first kappa shape index (κ1) is 34.2. The molecule has 0 unspecified atom stereocenters. The number of aliphatic hydroxyl groups is 3. The lowest BCUT2D eigenvalue weighted by Crippen LogP contribution is -2.72. The summed E-state index contributed by atoms with van der Waals surface area (Å²) in [7, 11) is 4.63. The summed E-state index contributed by atoms with van der Waals surface area (Å²) in [6, 6.07) is 15.1. The van der Waals surface area contributed by atoms with Crippen molar-refractivity contribution in [3.63, 3.8) is 0 Å². The number of ketones is 2. The van der Waals surface area contributed by atoms with Crippen molar-refractivity contribution in [2.45, 2.75) is 38.3 Å². The lowest BCUT2D eigenvalue weighted by molar-refractivity contribution is -0.176. The van der Waals surface area contributed by atoms with Gasteiger partial charge in [-0.25, -0.2) is 4.79 Å². The number of benzene rings is 3. The third kappa shape index (κ3) is 4.91. The van der Waals surface area contributed by atoms with Gasteiger partial charge in [-0.15, -0.1) is 0 Å². The molecule has 0 radical (unpaired) electrons.